The fourth-order valence-electron chi connectivity index (χ4n) is 2.92. The van der Waals surface area contributed by atoms with Crippen LogP contribution in [0.4, 0.5) is 0 Å². The third kappa shape index (κ3) is 4.67. The molecule has 2 aromatic heterocycles. The molecule has 25 heavy (non-hydrogen) atoms. The van der Waals surface area contributed by atoms with Gasteiger partial charge in [-0.1, -0.05) is 18.2 Å². The number of para-hydroxylation sites is 1. The number of ether oxygens (including phenoxy) is 1. The Bertz CT molecular complexity index is 811. The maximum atomic E-state index is 12.1. The van der Waals surface area contributed by atoms with Gasteiger partial charge in [0.25, 0.3) is 0 Å². The van der Waals surface area contributed by atoms with Crippen LogP contribution in [0.25, 0.3) is 10.9 Å². The smallest absolute Gasteiger partial charge is 0.220 e. The number of amides is 1. The fourth-order valence-corrected chi connectivity index (χ4v) is 3.54. The quantitative estimate of drug-likeness (QED) is 0.640. The van der Waals surface area contributed by atoms with Crippen LogP contribution >= 0.6 is 11.3 Å². The van der Waals surface area contributed by atoms with Gasteiger partial charge >= 0.3 is 0 Å². The molecule has 0 fully saturated rings. The number of aromatic nitrogens is 2. The van der Waals surface area contributed by atoms with Gasteiger partial charge in [0.1, 0.15) is 0 Å². The van der Waals surface area contributed by atoms with Gasteiger partial charge in [0.2, 0.25) is 5.91 Å². The second kappa shape index (κ2) is 8.78. The molecule has 0 radical (unpaired) electrons. The summed E-state index contributed by atoms with van der Waals surface area (Å²) in [5, 5.41) is 7.21. The van der Waals surface area contributed by atoms with E-state index in [0.717, 1.165) is 24.4 Å². The molecule has 0 bridgehead atoms. The van der Waals surface area contributed by atoms with Crippen molar-refractivity contribution in [1.82, 2.24) is 14.9 Å². The number of nitrogens with one attached hydrogen (secondary N) is 1. The van der Waals surface area contributed by atoms with Gasteiger partial charge in [0, 0.05) is 61.7 Å². The number of benzene rings is 1. The van der Waals surface area contributed by atoms with E-state index in [1.165, 1.54) is 16.5 Å². The lowest BCUT2D eigenvalue weighted by Crippen LogP contribution is -2.25. The SMILES string of the molecule is COCCn1cc(CCC(=O)NCCc2nccs2)c2ccccc21. The number of aryl methyl sites for hydroxylation is 1. The van der Waals surface area contributed by atoms with E-state index in [1.807, 2.05) is 17.5 Å². The molecule has 1 aromatic carbocycles. The van der Waals surface area contributed by atoms with Gasteiger partial charge < -0.3 is 14.6 Å². The van der Waals surface area contributed by atoms with Gasteiger partial charge in [-0.25, -0.2) is 4.98 Å². The Hall–Kier alpha value is -2.18. The first-order valence-electron chi connectivity index (χ1n) is 8.48. The molecule has 0 atom stereocenters. The van der Waals surface area contributed by atoms with Crippen LogP contribution in [0.2, 0.25) is 0 Å². The lowest BCUT2D eigenvalue weighted by atomic mass is 10.1. The third-order valence-electron chi connectivity index (χ3n) is 4.17. The summed E-state index contributed by atoms with van der Waals surface area (Å²) >= 11 is 1.62. The Labute approximate surface area is 151 Å². The van der Waals surface area contributed by atoms with Crippen molar-refractivity contribution in [1.29, 1.82) is 0 Å². The minimum absolute atomic E-state index is 0.0882. The van der Waals surface area contributed by atoms with E-state index in [9.17, 15) is 4.79 Å². The summed E-state index contributed by atoms with van der Waals surface area (Å²) in [7, 11) is 1.71. The van der Waals surface area contributed by atoms with Crippen molar-refractivity contribution >= 4 is 28.1 Å². The molecule has 6 heteroatoms. The fraction of sp³-hybridized carbons (Fsp3) is 0.368. The minimum Gasteiger partial charge on any atom is -0.383 e. The average molecular weight is 357 g/mol. The Kier molecular flexibility index (Phi) is 6.19. The maximum absolute atomic E-state index is 12.1. The summed E-state index contributed by atoms with van der Waals surface area (Å²) in [6.07, 6.45) is 5.97. The van der Waals surface area contributed by atoms with Crippen LogP contribution in [0, 0.1) is 0 Å². The van der Waals surface area contributed by atoms with Crippen LogP contribution in [-0.2, 0) is 28.9 Å². The first-order valence-corrected chi connectivity index (χ1v) is 9.36. The van der Waals surface area contributed by atoms with Crippen molar-refractivity contribution in [3.05, 3.63) is 52.6 Å². The van der Waals surface area contributed by atoms with Crippen LogP contribution in [-0.4, -0.2) is 35.7 Å². The van der Waals surface area contributed by atoms with E-state index in [2.05, 4.69) is 33.2 Å². The monoisotopic (exact) mass is 357 g/mol. The summed E-state index contributed by atoms with van der Waals surface area (Å²) in [5.74, 6) is 0.0882. The number of thiazole rings is 1. The Morgan fingerprint density at radius 2 is 2.20 bits per heavy atom. The Morgan fingerprint density at radius 1 is 1.32 bits per heavy atom. The lowest BCUT2D eigenvalue weighted by Gasteiger charge is -2.04. The van der Waals surface area contributed by atoms with Gasteiger partial charge in [-0.2, -0.15) is 0 Å². The number of fused-ring (bicyclic) bond motifs is 1. The number of carbonyl (C=O) groups excluding carboxylic acids is 1. The molecule has 0 aliphatic carbocycles. The molecule has 132 valence electrons. The normalized spacial score (nSPS) is 11.1. The number of carbonyl (C=O) groups is 1. The maximum Gasteiger partial charge on any atom is 0.220 e. The van der Waals surface area contributed by atoms with Crippen LogP contribution in [0.1, 0.15) is 17.0 Å². The van der Waals surface area contributed by atoms with Gasteiger partial charge in [-0.3, -0.25) is 4.79 Å². The molecule has 2 heterocycles. The summed E-state index contributed by atoms with van der Waals surface area (Å²) in [6.45, 7) is 2.13. The number of hydrogen-bond donors (Lipinski definition) is 1. The highest BCUT2D eigenvalue weighted by molar-refractivity contribution is 7.09. The summed E-state index contributed by atoms with van der Waals surface area (Å²) in [5.41, 5.74) is 2.40. The molecule has 5 nitrogen and oxygen atoms in total. The van der Waals surface area contributed by atoms with Crippen LogP contribution in [0.3, 0.4) is 0 Å². The van der Waals surface area contributed by atoms with Crippen LogP contribution in [0.15, 0.2) is 42.0 Å². The predicted octanol–water partition coefficient (Wildman–Crippen LogP) is 3.04. The van der Waals surface area contributed by atoms with E-state index in [1.54, 1.807) is 24.6 Å². The highest BCUT2D eigenvalue weighted by atomic mass is 32.1. The first-order chi connectivity index (χ1) is 12.3. The molecule has 1 N–H and O–H groups in total. The molecular formula is C19H23N3O2S. The molecule has 0 spiro atoms. The number of rotatable bonds is 9. The zero-order valence-electron chi connectivity index (χ0n) is 14.4. The second-order valence-electron chi connectivity index (χ2n) is 5.88. The van der Waals surface area contributed by atoms with Gasteiger partial charge in [0.15, 0.2) is 0 Å². The number of methoxy groups -OCH3 is 1. The molecular weight excluding hydrogens is 334 g/mol. The summed E-state index contributed by atoms with van der Waals surface area (Å²) < 4.78 is 7.39. The number of hydrogen-bond acceptors (Lipinski definition) is 4. The Balaban J connectivity index is 1.56. The highest BCUT2D eigenvalue weighted by Gasteiger charge is 2.10. The summed E-state index contributed by atoms with van der Waals surface area (Å²) in [6, 6.07) is 8.32. The number of nitrogens with zero attached hydrogens (tertiary/aromatic N) is 2. The highest BCUT2D eigenvalue weighted by Crippen LogP contribution is 2.22. The van der Waals surface area contributed by atoms with E-state index >= 15 is 0 Å². The van der Waals surface area contributed by atoms with E-state index in [0.29, 0.717) is 19.6 Å². The van der Waals surface area contributed by atoms with Gasteiger partial charge in [-0.15, -0.1) is 11.3 Å². The van der Waals surface area contributed by atoms with Crippen molar-refractivity contribution in [2.24, 2.45) is 0 Å². The minimum atomic E-state index is 0.0882. The second-order valence-corrected chi connectivity index (χ2v) is 6.86. The molecule has 0 unspecified atom stereocenters. The van der Waals surface area contributed by atoms with E-state index in [-0.39, 0.29) is 5.91 Å². The van der Waals surface area contributed by atoms with E-state index in [4.69, 9.17) is 4.74 Å². The predicted molar refractivity (Wildman–Crippen MR) is 101 cm³/mol. The molecule has 1 amide bonds. The van der Waals surface area contributed by atoms with Gasteiger partial charge in [-0.05, 0) is 18.1 Å². The van der Waals surface area contributed by atoms with Gasteiger partial charge in [0.05, 0.1) is 11.6 Å². The molecule has 3 aromatic rings. The zero-order chi connectivity index (χ0) is 17.5. The zero-order valence-corrected chi connectivity index (χ0v) is 15.2. The lowest BCUT2D eigenvalue weighted by molar-refractivity contribution is -0.121. The topological polar surface area (TPSA) is 56.1 Å². The molecule has 0 aliphatic heterocycles. The van der Waals surface area contributed by atoms with Crippen molar-refractivity contribution in [2.75, 3.05) is 20.3 Å². The molecule has 0 aliphatic rings. The van der Waals surface area contributed by atoms with Crippen LogP contribution < -0.4 is 5.32 Å². The first kappa shape index (κ1) is 17.6. The van der Waals surface area contributed by atoms with Crippen LogP contribution in [0.5, 0.6) is 0 Å². The standard InChI is InChI=1S/C19H23N3O2S/c1-24-12-11-22-14-15(16-4-2-3-5-17(16)22)6-7-18(23)20-9-8-19-21-10-13-25-19/h2-5,10,13-14H,6-9,11-12H2,1H3,(H,20,23). The molecule has 3 rings (SSSR count). The van der Waals surface area contributed by atoms with Crippen molar-refractivity contribution in [2.45, 2.75) is 25.8 Å². The van der Waals surface area contributed by atoms with Crippen molar-refractivity contribution in [3.63, 3.8) is 0 Å². The third-order valence-corrected chi connectivity index (χ3v) is 5.01. The molecule has 0 saturated carbocycles. The summed E-state index contributed by atoms with van der Waals surface area (Å²) in [4.78, 5) is 16.3. The average Bonchev–Trinajstić information content (AvgIpc) is 3.26. The van der Waals surface area contributed by atoms with E-state index < -0.39 is 0 Å². The van der Waals surface area contributed by atoms with Crippen molar-refractivity contribution in [3.8, 4) is 0 Å². The molecule has 0 saturated heterocycles. The van der Waals surface area contributed by atoms with Crippen molar-refractivity contribution < 1.29 is 9.53 Å². The Morgan fingerprint density at radius 3 is 3.00 bits per heavy atom. The largest absolute Gasteiger partial charge is 0.383 e.